The van der Waals surface area contributed by atoms with Gasteiger partial charge >= 0.3 is 12.2 Å². The van der Waals surface area contributed by atoms with Crippen molar-refractivity contribution in [2.45, 2.75) is 31.2 Å². The molecule has 0 radical (unpaired) electrons. The summed E-state index contributed by atoms with van der Waals surface area (Å²) in [5.74, 6) is 0.462. The molecule has 2 aromatic heterocycles. The van der Waals surface area contributed by atoms with Crippen LogP contribution in [0.4, 0.5) is 35.3 Å². The van der Waals surface area contributed by atoms with E-state index in [1.54, 1.807) is 0 Å². The Bertz CT molecular complexity index is 1330. The zero-order chi connectivity index (χ0) is 26.9. The number of halogens is 3. The molecule has 11 nitrogen and oxygen atoms in total. The van der Waals surface area contributed by atoms with Gasteiger partial charge in [0.25, 0.3) is 0 Å². The molecule has 0 spiro atoms. The molecule has 2 atom stereocenters. The number of nitrogens with one attached hydrogen (secondary N) is 1. The van der Waals surface area contributed by atoms with E-state index < -0.39 is 30.5 Å². The number of alkyl halides is 3. The van der Waals surface area contributed by atoms with Gasteiger partial charge in [-0.1, -0.05) is 12.1 Å². The van der Waals surface area contributed by atoms with Crippen molar-refractivity contribution < 1.29 is 32.9 Å². The van der Waals surface area contributed by atoms with Crippen molar-refractivity contribution in [2.24, 2.45) is 0 Å². The number of hydrogen-bond acceptors (Lipinski definition) is 9. The molecule has 200 valence electrons. The normalized spacial score (nSPS) is 17.6. The van der Waals surface area contributed by atoms with Gasteiger partial charge in [-0.3, -0.25) is 15.2 Å². The average Bonchev–Trinajstić information content (AvgIpc) is 2.91. The number of benzene rings is 1. The van der Waals surface area contributed by atoms with Crippen molar-refractivity contribution in [3.05, 3.63) is 48.4 Å². The van der Waals surface area contributed by atoms with Gasteiger partial charge in [-0.2, -0.15) is 18.2 Å². The molecule has 1 aromatic carbocycles. The standard InChI is InChI=1S/C24H24F3N7O4/c25-24(26,27)15-4-1-3-14(7-15)21-29-8-18-22(32-21)34(16-5-2-6-33(18)11-16)23(37)31-19-9-28-10-20(30-19)38-13-17(36)12-35/h1,3-4,7-10,16-17,35-36H,2,5-6,11-13H2,(H,30,31,37)/t16-,17?/m0/s1. The van der Waals surface area contributed by atoms with E-state index in [1.807, 2.05) is 0 Å². The largest absolute Gasteiger partial charge is 0.474 e. The first kappa shape index (κ1) is 25.6. The highest BCUT2D eigenvalue weighted by Crippen LogP contribution is 2.39. The second-order valence-corrected chi connectivity index (χ2v) is 8.91. The van der Waals surface area contributed by atoms with E-state index in [1.165, 1.54) is 35.6 Å². The fraction of sp³-hybridized carbons (Fsp3) is 0.375. The quantitative estimate of drug-likeness (QED) is 0.439. The number of aromatic nitrogens is 4. The number of nitrogens with zero attached hydrogens (tertiary/aromatic N) is 6. The van der Waals surface area contributed by atoms with Gasteiger partial charge in [0.05, 0.1) is 42.5 Å². The minimum Gasteiger partial charge on any atom is -0.474 e. The molecule has 2 bridgehead atoms. The van der Waals surface area contributed by atoms with E-state index in [0.717, 1.165) is 25.1 Å². The number of piperidine rings is 1. The monoisotopic (exact) mass is 531 g/mol. The molecule has 3 N–H and O–H groups in total. The number of aliphatic hydroxyl groups excluding tert-OH is 2. The Balaban J connectivity index is 1.44. The maximum Gasteiger partial charge on any atom is 0.416 e. The molecule has 2 aliphatic heterocycles. The molecule has 2 amide bonds. The summed E-state index contributed by atoms with van der Waals surface area (Å²) in [6.07, 6.45) is 0.0667. The molecule has 3 aromatic rings. The molecule has 38 heavy (non-hydrogen) atoms. The number of urea groups is 1. The average molecular weight is 531 g/mol. The van der Waals surface area contributed by atoms with Crippen LogP contribution in [0.3, 0.4) is 0 Å². The molecule has 1 saturated heterocycles. The van der Waals surface area contributed by atoms with Gasteiger partial charge < -0.3 is 19.8 Å². The highest BCUT2D eigenvalue weighted by molar-refractivity contribution is 6.04. The van der Waals surface area contributed by atoms with Crippen molar-refractivity contribution in [3.63, 3.8) is 0 Å². The zero-order valence-corrected chi connectivity index (χ0v) is 20.0. The SMILES string of the molecule is O=C(Nc1cncc(OCC(O)CO)n1)N1c2nc(-c3cccc(C(F)(F)F)c3)ncc2N2CCC[C@H]1C2. The number of anilines is 3. The first-order valence-electron chi connectivity index (χ1n) is 11.9. The molecule has 1 unspecified atom stereocenters. The van der Waals surface area contributed by atoms with E-state index in [0.29, 0.717) is 18.7 Å². The van der Waals surface area contributed by atoms with Crippen LogP contribution in [0.25, 0.3) is 11.4 Å². The van der Waals surface area contributed by atoms with Crippen LogP contribution >= 0.6 is 0 Å². The lowest BCUT2D eigenvalue weighted by Crippen LogP contribution is -2.56. The summed E-state index contributed by atoms with van der Waals surface area (Å²) in [6, 6.07) is 3.95. The van der Waals surface area contributed by atoms with Gasteiger partial charge in [0.1, 0.15) is 12.7 Å². The maximum atomic E-state index is 13.5. The van der Waals surface area contributed by atoms with Gasteiger partial charge in [0.2, 0.25) is 5.88 Å². The molecule has 5 rings (SSSR count). The van der Waals surface area contributed by atoms with Crippen molar-refractivity contribution in [1.29, 1.82) is 0 Å². The van der Waals surface area contributed by atoms with Gasteiger partial charge in [-0.25, -0.2) is 14.8 Å². The molecular formula is C24H24F3N7O4. The smallest absolute Gasteiger partial charge is 0.416 e. The lowest BCUT2D eigenvalue weighted by Gasteiger charge is -2.45. The Morgan fingerprint density at radius 2 is 2.08 bits per heavy atom. The van der Waals surface area contributed by atoms with Gasteiger partial charge in [0, 0.05) is 18.7 Å². The van der Waals surface area contributed by atoms with Gasteiger partial charge in [-0.15, -0.1) is 0 Å². The van der Waals surface area contributed by atoms with Crippen molar-refractivity contribution in [3.8, 4) is 17.3 Å². The molecule has 14 heteroatoms. The van der Waals surface area contributed by atoms with Crippen LogP contribution in [-0.2, 0) is 6.18 Å². The lowest BCUT2D eigenvalue weighted by molar-refractivity contribution is -0.137. The summed E-state index contributed by atoms with van der Waals surface area (Å²) in [5.41, 5.74) is -0.0405. The third-order valence-corrected chi connectivity index (χ3v) is 6.23. The van der Waals surface area contributed by atoms with Crippen LogP contribution in [0.2, 0.25) is 0 Å². The van der Waals surface area contributed by atoms with E-state index in [9.17, 15) is 23.1 Å². The second-order valence-electron chi connectivity index (χ2n) is 8.91. The highest BCUT2D eigenvalue weighted by atomic mass is 19.4. The number of carbonyl (C=O) groups is 1. The fourth-order valence-electron chi connectivity index (χ4n) is 4.44. The van der Waals surface area contributed by atoms with Crippen LogP contribution in [0, 0.1) is 0 Å². The van der Waals surface area contributed by atoms with Gasteiger partial charge in [-0.05, 0) is 25.0 Å². The molecule has 4 heterocycles. The van der Waals surface area contributed by atoms with E-state index in [-0.39, 0.29) is 41.6 Å². The Morgan fingerprint density at radius 3 is 2.87 bits per heavy atom. The van der Waals surface area contributed by atoms with Crippen LogP contribution < -0.4 is 19.9 Å². The number of fused-ring (bicyclic) bond motifs is 4. The predicted molar refractivity (Wildman–Crippen MR) is 130 cm³/mol. The van der Waals surface area contributed by atoms with Crippen molar-refractivity contribution in [1.82, 2.24) is 19.9 Å². The molecule has 0 aliphatic carbocycles. The van der Waals surface area contributed by atoms with Crippen LogP contribution in [0.5, 0.6) is 5.88 Å². The van der Waals surface area contributed by atoms with Crippen LogP contribution in [0.15, 0.2) is 42.9 Å². The molecule has 0 saturated carbocycles. The Labute approximate surface area is 214 Å². The number of amides is 2. The number of ether oxygens (including phenoxy) is 1. The summed E-state index contributed by atoms with van der Waals surface area (Å²) in [4.78, 5) is 34.0. The van der Waals surface area contributed by atoms with Gasteiger partial charge in [0.15, 0.2) is 17.5 Å². The highest BCUT2D eigenvalue weighted by Gasteiger charge is 2.39. The predicted octanol–water partition coefficient (Wildman–Crippen LogP) is 2.71. The summed E-state index contributed by atoms with van der Waals surface area (Å²) in [7, 11) is 0. The Morgan fingerprint density at radius 1 is 1.24 bits per heavy atom. The molecule has 1 fully saturated rings. The lowest BCUT2D eigenvalue weighted by atomic mass is 10.0. The first-order chi connectivity index (χ1) is 18.2. The number of carbonyl (C=O) groups excluding carboxylic acids is 1. The number of rotatable bonds is 6. The molecular weight excluding hydrogens is 507 g/mol. The topological polar surface area (TPSA) is 137 Å². The Kier molecular flexibility index (Phi) is 6.99. The van der Waals surface area contributed by atoms with Crippen LogP contribution in [-0.4, -0.2) is 74.6 Å². The number of aliphatic hydroxyl groups is 2. The van der Waals surface area contributed by atoms with E-state index in [4.69, 9.17) is 9.84 Å². The van der Waals surface area contributed by atoms with E-state index >= 15 is 0 Å². The second kappa shape index (κ2) is 10.4. The van der Waals surface area contributed by atoms with Crippen LogP contribution in [0.1, 0.15) is 18.4 Å². The summed E-state index contributed by atoms with van der Waals surface area (Å²) in [6.45, 7) is 0.604. The summed E-state index contributed by atoms with van der Waals surface area (Å²) < 4.78 is 45.1. The van der Waals surface area contributed by atoms with Crippen molar-refractivity contribution in [2.75, 3.05) is 41.4 Å². The van der Waals surface area contributed by atoms with E-state index in [2.05, 4.69) is 30.2 Å². The van der Waals surface area contributed by atoms with Crippen molar-refractivity contribution >= 4 is 23.4 Å². The third kappa shape index (κ3) is 5.31. The Hall–Kier alpha value is -4.04. The minimum absolute atomic E-state index is 0.0346. The minimum atomic E-state index is -4.52. The third-order valence-electron chi connectivity index (χ3n) is 6.23. The maximum absolute atomic E-state index is 13.5. The summed E-state index contributed by atoms with van der Waals surface area (Å²) in [5, 5.41) is 21.1. The molecule has 2 aliphatic rings. The summed E-state index contributed by atoms with van der Waals surface area (Å²) >= 11 is 0. The fourth-order valence-corrected chi connectivity index (χ4v) is 4.44. The first-order valence-corrected chi connectivity index (χ1v) is 11.9. The number of hydrogen-bond donors (Lipinski definition) is 3. The zero-order valence-electron chi connectivity index (χ0n) is 20.0.